The van der Waals surface area contributed by atoms with Gasteiger partial charge in [0.15, 0.2) is 0 Å². The molecule has 1 unspecified atom stereocenters. The summed E-state index contributed by atoms with van der Waals surface area (Å²) < 4.78 is 0. The molecule has 0 bridgehead atoms. The number of rotatable bonds is 2. The zero-order valence-corrected chi connectivity index (χ0v) is 8.35. The fourth-order valence-electron chi connectivity index (χ4n) is 1.86. The lowest BCUT2D eigenvalue weighted by Gasteiger charge is -2.19. The van der Waals surface area contributed by atoms with E-state index < -0.39 is 0 Å². The Balaban J connectivity index is 1.97. The lowest BCUT2D eigenvalue weighted by molar-refractivity contribution is -0.124. The minimum Gasteiger partial charge on any atom is -0.299 e. The number of aromatic nitrogens is 1. The summed E-state index contributed by atoms with van der Waals surface area (Å²) in [6, 6.07) is 0. The van der Waals surface area contributed by atoms with Gasteiger partial charge in [0.05, 0.1) is 11.2 Å². The molecule has 13 heavy (non-hydrogen) atoms. The maximum Gasteiger partial charge on any atom is 0.136 e. The predicted molar refractivity (Wildman–Crippen MR) is 52.8 cm³/mol. The van der Waals surface area contributed by atoms with Gasteiger partial charge in [-0.3, -0.25) is 4.79 Å². The zero-order chi connectivity index (χ0) is 9.10. The van der Waals surface area contributed by atoms with E-state index in [-0.39, 0.29) is 5.92 Å². The highest BCUT2D eigenvalue weighted by Gasteiger charge is 2.22. The Bertz CT molecular complexity index is 281. The third-order valence-corrected chi connectivity index (χ3v) is 3.26. The second-order valence-electron chi connectivity index (χ2n) is 3.59. The summed E-state index contributed by atoms with van der Waals surface area (Å²) in [6.07, 6.45) is 5.01. The summed E-state index contributed by atoms with van der Waals surface area (Å²) >= 11 is 1.61. The number of hydrogen-bond donors (Lipinski definition) is 0. The quantitative estimate of drug-likeness (QED) is 0.725. The molecule has 1 heterocycles. The van der Waals surface area contributed by atoms with E-state index in [1.54, 1.807) is 11.3 Å². The van der Waals surface area contributed by atoms with Crippen LogP contribution in [0.4, 0.5) is 0 Å². The molecule has 0 amide bonds. The van der Waals surface area contributed by atoms with Crippen LogP contribution in [0.5, 0.6) is 0 Å². The molecule has 70 valence electrons. The topological polar surface area (TPSA) is 30.0 Å². The normalized spacial score (nSPS) is 23.4. The number of nitrogens with zero attached hydrogens (tertiary/aromatic N) is 1. The standard InChI is InChI=1S/C10H13NOS/c12-10-4-2-1-3-8(10)5-9-6-13-7-11-9/h6-8H,1-5H2. The molecule has 1 saturated carbocycles. The third-order valence-electron chi connectivity index (χ3n) is 2.62. The first-order valence-corrected chi connectivity index (χ1v) is 5.70. The minimum atomic E-state index is 0.260. The fourth-order valence-corrected chi connectivity index (χ4v) is 2.43. The number of thiazole rings is 1. The van der Waals surface area contributed by atoms with Crippen LogP contribution in [0.1, 0.15) is 31.4 Å². The van der Waals surface area contributed by atoms with Crippen molar-refractivity contribution in [1.29, 1.82) is 0 Å². The predicted octanol–water partition coefficient (Wildman–Crippen LogP) is 2.44. The van der Waals surface area contributed by atoms with Crippen molar-refractivity contribution in [2.24, 2.45) is 5.92 Å². The second kappa shape index (κ2) is 4.01. The average Bonchev–Trinajstić information content (AvgIpc) is 2.61. The van der Waals surface area contributed by atoms with Gasteiger partial charge in [-0.25, -0.2) is 4.98 Å². The summed E-state index contributed by atoms with van der Waals surface area (Å²) in [5.41, 5.74) is 2.92. The maximum absolute atomic E-state index is 11.5. The van der Waals surface area contributed by atoms with Gasteiger partial charge in [-0.2, -0.15) is 0 Å². The first-order valence-electron chi connectivity index (χ1n) is 4.76. The first kappa shape index (κ1) is 8.88. The summed E-state index contributed by atoms with van der Waals surface area (Å²) in [6.45, 7) is 0. The Kier molecular flexibility index (Phi) is 2.74. The molecule has 2 nitrogen and oxygen atoms in total. The molecule has 1 fully saturated rings. The molecule has 1 aliphatic rings. The molecule has 0 N–H and O–H groups in total. The van der Waals surface area contributed by atoms with Crippen molar-refractivity contribution in [1.82, 2.24) is 4.98 Å². The monoisotopic (exact) mass is 195 g/mol. The summed E-state index contributed by atoms with van der Waals surface area (Å²) in [5.74, 6) is 0.704. The lowest BCUT2D eigenvalue weighted by Crippen LogP contribution is -2.21. The van der Waals surface area contributed by atoms with Crippen molar-refractivity contribution in [3.8, 4) is 0 Å². The van der Waals surface area contributed by atoms with Gasteiger partial charge in [0, 0.05) is 24.1 Å². The molecule has 1 atom stereocenters. The molecule has 2 rings (SSSR count). The fraction of sp³-hybridized carbons (Fsp3) is 0.600. The number of Topliss-reactive ketones (excluding diaryl/α,β-unsaturated/α-hetero) is 1. The molecule has 1 aromatic heterocycles. The van der Waals surface area contributed by atoms with Gasteiger partial charge in [0.1, 0.15) is 5.78 Å². The third kappa shape index (κ3) is 2.15. The molecular formula is C10H13NOS. The number of hydrogen-bond acceptors (Lipinski definition) is 3. The Morgan fingerprint density at radius 3 is 3.15 bits per heavy atom. The van der Waals surface area contributed by atoms with E-state index in [9.17, 15) is 4.79 Å². The van der Waals surface area contributed by atoms with E-state index in [1.807, 2.05) is 10.9 Å². The SMILES string of the molecule is O=C1CCCCC1Cc1cscn1. The molecule has 0 radical (unpaired) electrons. The van der Waals surface area contributed by atoms with Gasteiger partial charge in [-0.15, -0.1) is 11.3 Å². The molecule has 1 aliphatic carbocycles. The summed E-state index contributed by atoms with van der Waals surface area (Å²) in [4.78, 5) is 15.7. The highest BCUT2D eigenvalue weighted by molar-refractivity contribution is 7.07. The second-order valence-corrected chi connectivity index (χ2v) is 4.31. The van der Waals surface area contributed by atoms with Crippen molar-refractivity contribution in [2.45, 2.75) is 32.1 Å². The largest absolute Gasteiger partial charge is 0.299 e. The number of carbonyl (C=O) groups excluding carboxylic acids is 1. The molecule has 1 aromatic rings. The van der Waals surface area contributed by atoms with Crippen molar-refractivity contribution < 1.29 is 4.79 Å². The molecule has 0 aromatic carbocycles. The van der Waals surface area contributed by atoms with Crippen LogP contribution >= 0.6 is 11.3 Å². The van der Waals surface area contributed by atoms with E-state index in [0.717, 1.165) is 31.4 Å². The zero-order valence-electron chi connectivity index (χ0n) is 7.53. The molecule has 0 aliphatic heterocycles. The summed E-state index contributed by atoms with van der Waals surface area (Å²) in [5, 5.41) is 2.04. The van der Waals surface area contributed by atoms with E-state index >= 15 is 0 Å². The van der Waals surface area contributed by atoms with Crippen molar-refractivity contribution >= 4 is 17.1 Å². The van der Waals surface area contributed by atoms with E-state index in [2.05, 4.69) is 4.98 Å². The Labute approximate surface area is 82.0 Å². The summed E-state index contributed by atoms with van der Waals surface area (Å²) in [7, 11) is 0. The van der Waals surface area contributed by atoms with Crippen molar-refractivity contribution in [2.75, 3.05) is 0 Å². The maximum atomic E-state index is 11.5. The number of carbonyl (C=O) groups is 1. The van der Waals surface area contributed by atoms with Crippen LogP contribution in [0.2, 0.25) is 0 Å². The van der Waals surface area contributed by atoms with Crippen LogP contribution in [-0.4, -0.2) is 10.8 Å². The van der Waals surface area contributed by atoms with Crippen LogP contribution in [-0.2, 0) is 11.2 Å². The highest BCUT2D eigenvalue weighted by Crippen LogP contribution is 2.23. The van der Waals surface area contributed by atoms with Crippen molar-refractivity contribution in [3.63, 3.8) is 0 Å². The lowest BCUT2D eigenvalue weighted by atomic mass is 9.85. The minimum absolute atomic E-state index is 0.260. The van der Waals surface area contributed by atoms with Gasteiger partial charge >= 0.3 is 0 Å². The molecule has 3 heteroatoms. The van der Waals surface area contributed by atoms with Gasteiger partial charge in [0.2, 0.25) is 0 Å². The molecular weight excluding hydrogens is 182 g/mol. The molecule has 0 spiro atoms. The van der Waals surface area contributed by atoms with Crippen LogP contribution < -0.4 is 0 Å². The van der Waals surface area contributed by atoms with Gasteiger partial charge in [-0.1, -0.05) is 6.42 Å². The average molecular weight is 195 g/mol. The van der Waals surface area contributed by atoms with E-state index in [0.29, 0.717) is 5.78 Å². The van der Waals surface area contributed by atoms with Crippen molar-refractivity contribution in [3.05, 3.63) is 16.6 Å². The van der Waals surface area contributed by atoms with Gasteiger partial charge in [-0.05, 0) is 12.8 Å². The Morgan fingerprint density at radius 1 is 1.54 bits per heavy atom. The van der Waals surface area contributed by atoms with Gasteiger partial charge in [0.25, 0.3) is 0 Å². The Hall–Kier alpha value is -0.700. The van der Waals surface area contributed by atoms with Crippen LogP contribution in [0.25, 0.3) is 0 Å². The van der Waals surface area contributed by atoms with Crippen LogP contribution in [0.3, 0.4) is 0 Å². The van der Waals surface area contributed by atoms with E-state index in [1.165, 1.54) is 6.42 Å². The van der Waals surface area contributed by atoms with E-state index in [4.69, 9.17) is 0 Å². The van der Waals surface area contributed by atoms with Gasteiger partial charge < -0.3 is 0 Å². The Morgan fingerprint density at radius 2 is 2.46 bits per heavy atom. The smallest absolute Gasteiger partial charge is 0.136 e. The number of ketones is 1. The van der Waals surface area contributed by atoms with Crippen LogP contribution in [0, 0.1) is 5.92 Å². The molecule has 0 saturated heterocycles. The van der Waals surface area contributed by atoms with Crippen LogP contribution in [0.15, 0.2) is 10.9 Å². The highest BCUT2D eigenvalue weighted by atomic mass is 32.1. The first-order chi connectivity index (χ1) is 6.36.